The van der Waals surface area contributed by atoms with Gasteiger partial charge in [0, 0.05) is 18.4 Å². The van der Waals surface area contributed by atoms with Gasteiger partial charge in [0.1, 0.15) is 0 Å². The van der Waals surface area contributed by atoms with Crippen LogP contribution in [0.25, 0.3) is 0 Å². The van der Waals surface area contributed by atoms with Gasteiger partial charge in [-0.2, -0.15) is 0 Å². The molecule has 0 aromatic heterocycles. The third-order valence-electron chi connectivity index (χ3n) is 2.80. The van der Waals surface area contributed by atoms with E-state index in [1.807, 2.05) is 29.5 Å². The summed E-state index contributed by atoms with van der Waals surface area (Å²) in [6, 6.07) is 5.25. The Hall–Kier alpha value is -0.890. The molecule has 6 heteroatoms. The normalized spacial score (nSPS) is 12.5. The van der Waals surface area contributed by atoms with Crippen LogP contribution in [-0.4, -0.2) is 24.2 Å². The molecule has 0 aliphatic carbocycles. The number of rotatable bonds is 7. The number of hydrogen-bond acceptors (Lipinski definition) is 4. The molecule has 0 bridgehead atoms. The summed E-state index contributed by atoms with van der Waals surface area (Å²) in [4.78, 5) is 10.4. The molecule has 19 heavy (non-hydrogen) atoms. The minimum absolute atomic E-state index is 0.136. The predicted molar refractivity (Wildman–Crippen MR) is 84.6 cm³/mol. The van der Waals surface area contributed by atoms with Gasteiger partial charge in [0.2, 0.25) is 0 Å². The number of nitrogens with one attached hydrogen (secondary N) is 1. The molecule has 106 valence electrons. The third kappa shape index (κ3) is 4.94. The Labute approximate surface area is 127 Å². The minimum atomic E-state index is -0.369. The molecule has 0 fully saturated rings. The van der Waals surface area contributed by atoms with Crippen LogP contribution in [0.5, 0.6) is 0 Å². The van der Waals surface area contributed by atoms with Gasteiger partial charge in [-0.05, 0) is 47.6 Å². The quantitative estimate of drug-likeness (QED) is 0.447. The summed E-state index contributed by atoms with van der Waals surface area (Å²) in [5.41, 5.74) is 1.02. The van der Waals surface area contributed by atoms with Crippen molar-refractivity contribution in [2.75, 3.05) is 18.5 Å². The van der Waals surface area contributed by atoms with E-state index in [1.54, 1.807) is 12.1 Å². The molecule has 1 aromatic carbocycles. The Kier molecular flexibility index (Phi) is 6.50. The summed E-state index contributed by atoms with van der Waals surface area (Å²) >= 11 is 1.98. The molecular formula is C13H19IN2O3. The molecule has 0 saturated heterocycles. The molecule has 0 radical (unpaired) electrons. The van der Waals surface area contributed by atoms with E-state index < -0.39 is 0 Å². The molecule has 0 heterocycles. The van der Waals surface area contributed by atoms with Crippen LogP contribution in [-0.2, 0) is 4.74 Å². The third-order valence-corrected chi connectivity index (χ3v) is 3.67. The highest BCUT2D eigenvalue weighted by Crippen LogP contribution is 2.25. The highest BCUT2D eigenvalue weighted by atomic mass is 127. The maximum atomic E-state index is 10.8. The fourth-order valence-electron chi connectivity index (χ4n) is 1.60. The minimum Gasteiger partial charge on any atom is -0.380 e. The highest BCUT2D eigenvalue weighted by molar-refractivity contribution is 14.1. The first kappa shape index (κ1) is 16.2. The first-order valence-corrected chi connectivity index (χ1v) is 7.31. The van der Waals surface area contributed by atoms with Crippen LogP contribution in [0, 0.1) is 19.6 Å². The van der Waals surface area contributed by atoms with Crippen molar-refractivity contribution >= 4 is 34.0 Å². The number of benzene rings is 1. The van der Waals surface area contributed by atoms with Crippen molar-refractivity contribution in [1.29, 1.82) is 0 Å². The summed E-state index contributed by atoms with van der Waals surface area (Å²) in [7, 11) is 0. The average molecular weight is 378 g/mol. The van der Waals surface area contributed by atoms with Gasteiger partial charge in [0.25, 0.3) is 5.69 Å². The van der Waals surface area contributed by atoms with Crippen LogP contribution < -0.4 is 5.32 Å². The largest absolute Gasteiger partial charge is 0.380 e. The van der Waals surface area contributed by atoms with E-state index in [-0.39, 0.29) is 16.7 Å². The maximum absolute atomic E-state index is 10.8. The van der Waals surface area contributed by atoms with E-state index in [0.717, 1.165) is 5.69 Å². The van der Waals surface area contributed by atoms with Gasteiger partial charge in [0.15, 0.2) is 0 Å². The number of nitro benzene ring substituents is 1. The monoisotopic (exact) mass is 378 g/mol. The molecule has 5 nitrogen and oxygen atoms in total. The molecule has 1 atom stereocenters. The molecule has 0 spiro atoms. The van der Waals surface area contributed by atoms with Crippen molar-refractivity contribution in [3.63, 3.8) is 0 Å². The van der Waals surface area contributed by atoms with Gasteiger partial charge in [-0.15, -0.1) is 0 Å². The first-order valence-electron chi connectivity index (χ1n) is 6.24. The van der Waals surface area contributed by atoms with Gasteiger partial charge < -0.3 is 10.1 Å². The Morgan fingerprint density at radius 2 is 2.16 bits per heavy atom. The van der Waals surface area contributed by atoms with Crippen LogP contribution in [0.4, 0.5) is 11.4 Å². The lowest BCUT2D eigenvalue weighted by molar-refractivity contribution is -0.385. The van der Waals surface area contributed by atoms with Crippen molar-refractivity contribution in [3.05, 3.63) is 31.9 Å². The van der Waals surface area contributed by atoms with Gasteiger partial charge in [-0.3, -0.25) is 10.1 Å². The SMILES string of the molecule is CCOCC(Nc1ccc([N+](=O)[O-])c(I)c1)C(C)C. The van der Waals surface area contributed by atoms with Crippen molar-refractivity contribution < 1.29 is 9.66 Å². The molecule has 0 saturated carbocycles. The van der Waals surface area contributed by atoms with Crippen LogP contribution in [0.3, 0.4) is 0 Å². The van der Waals surface area contributed by atoms with Crippen molar-refractivity contribution in [3.8, 4) is 0 Å². The number of nitro groups is 1. The lowest BCUT2D eigenvalue weighted by Crippen LogP contribution is -2.30. The zero-order chi connectivity index (χ0) is 14.4. The van der Waals surface area contributed by atoms with Gasteiger partial charge in [-0.1, -0.05) is 13.8 Å². The Morgan fingerprint density at radius 3 is 2.63 bits per heavy atom. The summed E-state index contributed by atoms with van der Waals surface area (Å²) in [5.74, 6) is 0.416. The van der Waals surface area contributed by atoms with Crippen LogP contribution >= 0.6 is 22.6 Å². The predicted octanol–water partition coefficient (Wildman–Crippen LogP) is 3.67. The lowest BCUT2D eigenvalue weighted by Gasteiger charge is -2.23. The van der Waals surface area contributed by atoms with E-state index in [0.29, 0.717) is 22.7 Å². The van der Waals surface area contributed by atoms with Crippen LogP contribution in [0.1, 0.15) is 20.8 Å². The molecule has 0 aliphatic heterocycles. The van der Waals surface area contributed by atoms with E-state index >= 15 is 0 Å². The summed E-state index contributed by atoms with van der Waals surface area (Å²) < 4.78 is 6.08. The van der Waals surface area contributed by atoms with E-state index in [2.05, 4.69) is 19.2 Å². The fourth-order valence-corrected chi connectivity index (χ4v) is 2.32. The molecule has 0 amide bonds. The van der Waals surface area contributed by atoms with Crippen molar-refractivity contribution in [2.45, 2.75) is 26.8 Å². The Morgan fingerprint density at radius 1 is 1.47 bits per heavy atom. The number of anilines is 1. The van der Waals surface area contributed by atoms with Crippen LogP contribution in [0.2, 0.25) is 0 Å². The maximum Gasteiger partial charge on any atom is 0.282 e. The second-order valence-electron chi connectivity index (χ2n) is 4.58. The molecular weight excluding hydrogens is 359 g/mol. The number of nitrogens with zero attached hydrogens (tertiary/aromatic N) is 1. The van der Waals surface area contributed by atoms with Gasteiger partial charge in [-0.25, -0.2) is 0 Å². The first-order chi connectivity index (χ1) is 8.95. The highest BCUT2D eigenvalue weighted by Gasteiger charge is 2.16. The van der Waals surface area contributed by atoms with Gasteiger partial charge in [0.05, 0.1) is 21.1 Å². The molecule has 0 aliphatic rings. The Balaban J connectivity index is 2.79. The smallest absolute Gasteiger partial charge is 0.282 e. The summed E-state index contributed by atoms with van der Waals surface area (Å²) in [6.45, 7) is 7.51. The fraction of sp³-hybridized carbons (Fsp3) is 0.538. The lowest BCUT2D eigenvalue weighted by atomic mass is 10.0. The van der Waals surface area contributed by atoms with Crippen molar-refractivity contribution in [2.24, 2.45) is 5.92 Å². The zero-order valence-electron chi connectivity index (χ0n) is 11.4. The van der Waals surface area contributed by atoms with E-state index in [4.69, 9.17) is 4.74 Å². The summed E-state index contributed by atoms with van der Waals surface area (Å²) in [5, 5.41) is 14.1. The second kappa shape index (κ2) is 7.64. The standard InChI is InChI=1S/C13H19IN2O3/c1-4-19-8-12(9(2)3)15-10-5-6-13(16(17)18)11(14)7-10/h5-7,9,12,15H,4,8H2,1-3H3. The number of hydrogen-bond donors (Lipinski definition) is 1. The Bertz CT molecular complexity index is 438. The molecule has 1 aromatic rings. The molecule has 1 unspecified atom stereocenters. The average Bonchev–Trinajstić information content (AvgIpc) is 2.33. The number of halogens is 1. The zero-order valence-corrected chi connectivity index (χ0v) is 13.5. The topological polar surface area (TPSA) is 64.4 Å². The van der Waals surface area contributed by atoms with E-state index in [9.17, 15) is 10.1 Å². The van der Waals surface area contributed by atoms with E-state index in [1.165, 1.54) is 6.07 Å². The number of ether oxygens (including phenoxy) is 1. The molecule has 1 N–H and O–H groups in total. The molecule has 1 rings (SSSR count). The van der Waals surface area contributed by atoms with Gasteiger partial charge >= 0.3 is 0 Å². The second-order valence-corrected chi connectivity index (χ2v) is 5.74. The van der Waals surface area contributed by atoms with Crippen LogP contribution in [0.15, 0.2) is 18.2 Å². The summed E-state index contributed by atoms with van der Waals surface area (Å²) in [6.07, 6.45) is 0. The van der Waals surface area contributed by atoms with Crippen molar-refractivity contribution in [1.82, 2.24) is 0 Å².